The van der Waals surface area contributed by atoms with Gasteiger partial charge in [-0.2, -0.15) is 13.2 Å². The minimum absolute atomic E-state index is 0.0611. The van der Waals surface area contributed by atoms with E-state index in [4.69, 9.17) is 11.6 Å². The van der Waals surface area contributed by atoms with Crippen LogP contribution in [0, 0.1) is 5.92 Å². The molecule has 1 heterocycles. The third-order valence-corrected chi connectivity index (χ3v) is 5.35. The normalized spacial score (nSPS) is 18.0. The van der Waals surface area contributed by atoms with E-state index >= 15 is 0 Å². The maximum atomic E-state index is 12.9. The molecule has 1 aliphatic heterocycles. The summed E-state index contributed by atoms with van der Waals surface area (Å²) in [6, 6.07) is 11.4. The Morgan fingerprint density at radius 2 is 1.97 bits per heavy atom. The Morgan fingerprint density at radius 1 is 1.24 bits per heavy atom. The predicted octanol–water partition coefficient (Wildman–Crippen LogP) is 4.58. The van der Waals surface area contributed by atoms with Gasteiger partial charge in [0, 0.05) is 24.5 Å². The van der Waals surface area contributed by atoms with Gasteiger partial charge in [-0.3, -0.25) is 9.59 Å². The Bertz CT molecular complexity index is 917. The van der Waals surface area contributed by atoms with Gasteiger partial charge < -0.3 is 10.2 Å². The molecule has 0 aliphatic carbocycles. The number of likely N-dealkylation sites (tertiary alicyclic amines) is 1. The second kappa shape index (κ2) is 8.45. The fraction of sp³-hybridized carbons (Fsp3) is 0.333. The van der Waals surface area contributed by atoms with Gasteiger partial charge in [0.15, 0.2) is 0 Å². The molecule has 0 radical (unpaired) electrons. The standard InChI is InChI=1S/C21H20ClF3N2O2/c1-13(14-6-4-7-17(9-14)21(23,24)25)26-20(29)16-10-19(28)27(12-16)11-15-5-2-3-8-18(15)22/h2-9,13,16H,10-12H2,1H3,(H,26,29)/t13-,16+/m1/s1. The van der Waals surface area contributed by atoms with E-state index in [1.807, 2.05) is 12.1 Å². The summed E-state index contributed by atoms with van der Waals surface area (Å²) in [6.45, 7) is 2.17. The number of hydrogen-bond donors (Lipinski definition) is 1. The highest BCUT2D eigenvalue weighted by atomic mass is 35.5. The van der Waals surface area contributed by atoms with Crippen LogP contribution in [0.3, 0.4) is 0 Å². The number of amides is 2. The molecule has 0 bridgehead atoms. The fourth-order valence-electron chi connectivity index (χ4n) is 3.33. The zero-order valence-corrected chi connectivity index (χ0v) is 16.4. The summed E-state index contributed by atoms with van der Waals surface area (Å²) in [6.07, 6.45) is -4.39. The van der Waals surface area contributed by atoms with Crippen molar-refractivity contribution < 1.29 is 22.8 Å². The zero-order chi connectivity index (χ0) is 21.2. The molecule has 4 nitrogen and oxygen atoms in total. The first kappa shape index (κ1) is 21.2. The molecular weight excluding hydrogens is 405 g/mol. The van der Waals surface area contributed by atoms with Gasteiger partial charge >= 0.3 is 6.18 Å². The van der Waals surface area contributed by atoms with E-state index in [-0.39, 0.29) is 24.8 Å². The highest BCUT2D eigenvalue weighted by Crippen LogP contribution is 2.31. The minimum Gasteiger partial charge on any atom is -0.349 e. The molecule has 8 heteroatoms. The monoisotopic (exact) mass is 424 g/mol. The third-order valence-electron chi connectivity index (χ3n) is 4.98. The van der Waals surface area contributed by atoms with E-state index in [2.05, 4.69) is 5.32 Å². The van der Waals surface area contributed by atoms with E-state index in [9.17, 15) is 22.8 Å². The van der Waals surface area contributed by atoms with E-state index < -0.39 is 23.7 Å². The van der Waals surface area contributed by atoms with E-state index in [1.165, 1.54) is 12.1 Å². The van der Waals surface area contributed by atoms with Crippen LogP contribution in [-0.4, -0.2) is 23.3 Å². The molecule has 0 aromatic heterocycles. The number of benzene rings is 2. The van der Waals surface area contributed by atoms with Crippen LogP contribution in [0.25, 0.3) is 0 Å². The van der Waals surface area contributed by atoms with Crippen LogP contribution < -0.4 is 5.32 Å². The molecule has 2 aromatic carbocycles. The summed E-state index contributed by atoms with van der Waals surface area (Å²) in [4.78, 5) is 26.4. The Hall–Kier alpha value is -2.54. The van der Waals surface area contributed by atoms with Crippen molar-refractivity contribution in [1.82, 2.24) is 10.2 Å². The number of alkyl halides is 3. The smallest absolute Gasteiger partial charge is 0.349 e. The maximum absolute atomic E-state index is 12.9. The van der Waals surface area contributed by atoms with Gasteiger partial charge in [0.2, 0.25) is 11.8 Å². The highest BCUT2D eigenvalue weighted by Gasteiger charge is 2.35. The average Bonchev–Trinajstić information content (AvgIpc) is 3.04. The predicted molar refractivity (Wildman–Crippen MR) is 103 cm³/mol. The number of nitrogens with zero attached hydrogens (tertiary/aromatic N) is 1. The Balaban J connectivity index is 1.63. The lowest BCUT2D eigenvalue weighted by atomic mass is 10.0. The van der Waals surface area contributed by atoms with Crippen LogP contribution >= 0.6 is 11.6 Å². The minimum atomic E-state index is -4.45. The van der Waals surface area contributed by atoms with Crippen molar-refractivity contribution >= 4 is 23.4 Å². The van der Waals surface area contributed by atoms with Crippen molar-refractivity contribution in [2.75, 3.05) is 6.54 Å². The molecule has 0 unspecified atom stereocenters. The lowest BCUT2D eigenvalue weighted by molar-refractivity contribution is -0.137. The first-order valence-electron chi connectivity index (χ1n) is 9.14. The largest absolute Gasteiger partial charge is 0.416 e. The summed E-state index contributed by atoms with van der Waals surface area (Å²) in [5.74, 6) is -1.07. The van der Waals surface area contributed by atoms with Gasteiger partial charge in [-0.15, -0.1) is 0 Å². The number of carbonyl (C=O) groups excluding carboxylic acids is 2. The van der Waals surface area contributed by atoms with Crippen LogP contribution in [0.2, 0.25) is 5.02 Å². The van der Waals surface area contributed by atoms with Gasteiger partial charge in [-0.05, 0) is 36.2 Å². The SMILES string of the molecule is C[C@@H](NC(=O)[C@H]1CC(=O)N(Cc2ccccc2Cl)C1)c1cccc(C(F)(F)F)c1. The van der Waals surface area contributed by atoms with Gasteiger partial charge in [0.25, 0.3) is 0 Å². The molecule has 0 saturated carbocycles. The molecule has 154 valence electrons. The molecular formula is C21H20ClF3N2O2. The van der Waals surface area contributed by atoms with Crippen LogP contribution in [0.5, 0.6) is 0 Å². The van der Waals surface area contributed by atoms with Crippen molar-refractivity contribution in [2.45, 2.75) is 32.1 Å². The Labute approximate surface area is 171 Å². The average molecular weight is 425 g/mol. The van der Waals surface area contributed by atoms with Crippen molar-refractivity contribution in [1.29, 1.82) is 0 Å². The number of halogens is 4. The Morgan fingerprint density at radius 3 is 2.66 bits per heavy atom. The Kier molecular flexibility index (Phi) is 6.17. The first-order chi connectivity index (χ1) is 13.6. The molecule has 2 aromatic rings. The van der Waals surface area contributed by atoms with Crippen LogP contribution in [0.1, 0.15) is 36.1 Å². The van der Waals surface area contributed by atoms with Gasteiger partial charge in [-0.1, -0.05) is 41.9 Å². The van der Waals surface area contributed by atoms with E-state index in [1.54, 1.807) is 24.0 Å². The number of rotatable bonds is 5. The van der Waals surface area contributed by atoms with E-state index in [0.29, 0.717) is 17.1 Å². The number of nitrogens with one attached hydrogen (secondary N) is 1. The van der Waals surface area contributed by atoms with E-state index in [0.717, 1.165) is 17.7 Å². The van der Waals surface area contributed by atoms with Crippen LogP contribution in [0.4, 0.5) is 13.2 Å². The molecule has 1 aliphatic rings. The number of hydrogen-bond acceptors (Lipinski definition) is 2. The maximum Gasteiger partial charge on any atom is 0.416 e. The van der Waals surface area contributed by atoms with Gasteiger partial charge in [-0.25, -0.2) is 0 Å². The quantitative estimate of drug-likeness (QED) is 0.763. The lowest BCUT2D eigenvalue weighted by Gasteiger charge is -2.20. The van der Waals surface area contributed by atoms with Gasteiger partial charge in [0.05, 0.1) is 17.5 Å². The summed E-state index contributed by atoms with van der Waals surface area (Å²) >= 11 is 6.13. The van der Waals surface area contributed by atoms with Gasteiger partial charge in [0.1, 0.15) is 0 Å². The summed E-state index contributed by atoms with van der Waals surface area (Å²) in [5, 5.41) is 3.27. The molecule has 3 rings (SSSR count). The topological polar surface area (TPSA) is 49.4 Å². The third kappa shape index (κ3) is 5.09. The number of carbonyl (C=O) groups is 2. The summed E-state index contributed by atoms with van der Waals surface area (Å²) in [7, 11) is 0. The fourth-order valence-corrected chi connectivity index (χ4v) is 3.53. The molecule has 1 N–H and O–H groups in total. The van der Waals surface area contributed by atoms with Crippen LogP contribution in [0.15, 0.2) is 48.5 Å². The molecule has 1 fully saturated rings. The molecule has 1 saturated heterocycles. The second-order valence-corrected chi connectivity index (χ2v) is 7.53. The highest BCUT2D eigenvalue weighted by molar-refractivity contribution is 6.31. The second-order valence-electron chi connectivity index (χ2n) is 7.12. The molecule has 2 atom stereocenters. The molecule has 2 amide bonds. The van der Waals surface area contributed by atoms with Crippen molar-refractivity contribution in [2.24, 2.45) is 5.92 Å². The first-order valence-corrected chi connectivity index (χ1v) is 9.51. The lowest BCUT2D eigenvalue weighted by Crippen LogP contribution is -2.34. The summed E-state index contributed by atoms with van der Waals surface area (Å²) in [5.41, 5.74) is 0.379. The van der Waals surface area contributed by atoms with Crippen LogP contribution in [-0.2, 0) is 22.3 Å². The van der Waals surface area contributed by atoms with Crippen molar-refractivity contribution in [3.8, 4) is 0 Å². The molecule has 29 heavy (non-hydrogen) atoms. The van der Waals surface area contributed by atoms with Crippen molar-refractivity contribution in [3.63, 3.8) is 0 Å². The molecule has 0 spiro atoms. The van der Waals surface area contributed by atoms with Crippen molar-refractivity contribution in [3.05, 3.63) is 70.2 Å². The zero-order valence-electron chi connectivity index (χ0n) is 15.7. The summed E-state index contributed by atoms with van der Waals surface area (Å²) < 4.78 is 38.7.